The largest absolute Gasteiger partial charge is 0.473 e. The van der Waals surface area contributed by atoms with Gasteiger partial charge >= 0.3 is 17.9 Å². The molecule has 0 aliphatic carbocycles. The fraction of sp³-hybridized carbons (Fsp3) is 0.316. The average Bonchev–Trinajstić information content (AvgIpc) is 2.91. The molecule has 0 radical (unpaired) electrons. The number of aromatic amines is 1. The summed E-state index contributed by atoms with van der Waals surface area (Å²) in [6.45, 7) is 7.66. The van der Waals surface area contributed by atoms with Crippen LogP contribution in [0.1, 0.15) is 39.8 Å². The first-order valence-electron chi connectivity index (χ1n) is 8.33. The molecule has 2 aromatic rings. The molecule has 146 valence electrons. The Bertz CT molecular complexity index is 771. The lowest BCUT2D eigenvalue weighted by Gasteiger charge is -2.06. The van der Waals surface area contributed by atoms with Crippen molar-refractivity contribution in [2.45, 2.75) is 33.9 Å². The van der Waals surface area contributed by atoms with E-state index >= 15 is 0 Å². The highest BCUT2D eigenvalue weighted by Gasteiger charge is 2.17. The molecule has 1 aromatic heterocycles. The smallest absolute Gasteiger partial charge is 0.414 e. The molecule has 0 aliphatic heterocycles. The van der Waals surface area contributed by atoms with E-state index in [0.717, 1.165) is 29.9 Å². The van der Waals surface area contributed by atoms with Crippen molar-refractivity contribution in [2.75, 3.05) is 6.61 Å². The number of nitrogens with one attached hydrogen (secondary N) is 2. The van der Waals surface area contributed by atoms with Crippen LogP contribution in [-0.2, 0) is 27.4 Å². The maximum atomic E-state index is 11.9. The third-order valence-corrected chi connectivity index (χ3v) is 3.73. The Kier molecular flexibility index (Phi) is 8.74. The Balaban J connectivity index is 0.000000527. The lowest BCUT2D eigenvalue weighted by molar-refractivity contribution is -0.159. The Labute approximate surface area is 157 Å². The van der Waals surface area contributed by atoms with E-state index in [0.29, 0.717) is 12.3 Å². The molecular weight excluding hydrogens is 352 g/mol. The molecule has 0 saturated heterocycles. The number of esters is 1. The van der Waals surface area contributed by atoms with Gasteiger partial charge in [-0.3, -0.25) is 0 Å². The monoisotopic (exact) mass is 376 g/mol. The number of carboxylic acids is 2. The van der Waals surface area contributed by atoms with E-state index in [4.69, 9.17) is 24.5 Å². The Hall–Kier alpha value is -3.13. The number of carbonyl (C=O) groups is 3. The second-order valence-corrected chi connectivity index (χ2v) is 5.65. The molecular formula is C19H24N2O6. The Morgan fingerprint density at radius 2 is 1.63 bits per heavy atom. The van der Waals surface area contributed by atoms with Gasteiger partial charge in [0, 0.05) is 18.8 Å². The van der Waals surface area contributed by atoms with Gasteiger partial charge in [0.15, 0.2) is 0 Å². The molecule has 0 saturated carbocycles. The molecule has 1 heterocycles. The minimum Gasteiger partial charge on any atom is -0.473 e. The summed E-state index contributed by atoms with van der Waals surface area (Å²) in [7, 11) is 0. The first kappa shape index (κ1) is 21.9. The number of carbonyl (C=O) groups excluding carboxylic acids is 1. The predicted molar refractivity (Wildman–Crippen MR) is 98.5 cm³/mol. The summed E-state index contributed by atoms with van der Waals surface area (Å²) in [6.07, 6.45) is 0. The molecule has 2 rings (SSSR count). The van der Waals surface area contributed by atoms with E-state index in [1.54, 1.807) is 0 Å². The summed E-state index contributed by atoms with van der Waals surface area (Å²) >= 11 is 0. The number of benzene rings is 1. The van der Waals surface area contributed by atoms with Gasteiger partial charge in [0.2, 0.25) is 0 Å². The van der Waals surface area contributed by atoms with Crippen molar-refractivity contribution in [2.24, 2.45) is 0 Å². The van der Waals surface area contributed by atoms with Gasteiger partial charge in [-0.05, 0) is 37.5 Å². The van der Waals surface area contributed by atoms with E-state index < -0.39 is 11.9 Å². The first-order chi connectivity index (χ1) is 12.8. The molecule has 0 unspecified atom stereocenters. The number of aromatic nitrogens is 1. The molecule has 27 heavy (non-hydrogen) atoms. The van der Waals surface area contributed by atoms with Gasteiger partial charge < -0.3 is 25.3 Å². The van der Waals surface area contributed by atoms with Crippen molar-refractivity contribution in [3.8, 4) is 0 Å². The zero-order chi connectivity index (χ0) is 20.4. The second-order valence-electron chi connectivity index (χ2n) is 5.65. The highest BCUT2D eigenvalue weighted by Crippen LogP contribution is 2.18. The van der Waals surface area contributed by atoms with Crippen molar-refractivity contribution >= 4 is 17.9 Å². The third-order valence-electron chi connectivity index (χ3n) is 3.73. The van der Waals surface area contributed by atoms with Gasteiger partial charge in [-0.15, -0.1) is 0 Å². The minimum absolute atomic E-state index is 0.285. The van der Waals surface area contributed by atoms with Gasteiger partial charge in [0.05, 0.1) is 6.61 Å². The Morgan fingerprint density at radius 1 is 1.04 bits per heavy atom. The topological polar surface area (TPSA) is 129 Å². The van der Waals surface area contributed by atoms with Gasteiger partial charge in [-0.1, -0.05) is 30.3 Å². The summed E-state index contributed by atoms with van der Waals surface area (Å²) in [4.78, 5) is 33.2. The molecule has 0 amide bonds. The molecule has 4 N–H and O–H groups in total. The highest BCUT2D eigenvalue weighted by atomic mass is 16.5. The van der Waals surface area contributed by atoms with Crippen LogP contribution in [0.5, 0.6) is 0 Å². The number of H-pyrrole nitrogens is 1. The Morgan fingerprint density at radius 3 is 2.15 bits per heavy atom. The normalized spacial score (nSPS) is 9.89. The summed E-state index contributed by atoms with van der Waals surface area (Å²) in [6, 6.07) is 10.3. The van der Waals surface area contributed by atoms with Crippen LogP contribution in [0.3, 0.4) is 0 Å². The fourth-order valence-electron chi connectivity index (χ4n) is 2.39. The number of hydrogen-bond donors (Lipinski definition) is 4. The second kappa shape index (κ2) is 10.8. The number of aryl methyl sites for hydroxylation is 1. The molecule has 1 aromatic carbocycles. The molecule has 8 nitrogen and oxygen atoms in total. The van der Waals surface area contributed by atoms with Crippen LogP contribution < -0.4 is 5.32 Å². The number of hydrogen-bond acceptors (Lipinski definition) is 5. The summed E-state index contributed by atoms with van der Waals surface area (Å²) in [5.41, 5.74) is 4.91. The van der Waals surface area contributed by atoms with Gasteiger partial charge in [0.1, 0.15) is 5.69 Å². The quantitative estimate of drug-likeness (QED) is 0.449. The molecule has 0 bridgehead atoms. The van der Waals surface area contributed by atoms with Crippen LogP contribution in [0.2, 0.25) is 0 Å². The zero-order valence-corrected chi connectivity index (χ0v) is 15.5. The van der Waals surface area contributed by atoms with Crippen LogP contribution in [0.4, 0.5) is 0 Å². The zero-order valence-electron chi connectivity index (χ0n) is 15.5. The highest BCUT2D eigenvalue weighted by molar-refractivity contribution is 6.27. The SMILES string of the molecule is CCOC(=O)c1[nH]c(C)c(CNCc2ccccc2)c1C.O=C(O)C(=O)O. The summed E-state index contributed by atoms with van der Waals surface area (Å²) in [5.74, 6) is -3.93. The van der Waals surface area contributed by atoms with E-state index in [1.165, 1.54) is 5.56 Å². The maximum absolute atomic E-state index is 11.9. The van der Waals surface area contributed by atoms with Crippen molar-refractivity contribution in [1.82, 2.24) is 10.3 Å². The van der Waals surface area contributed by atoms with Crippen LogP contribution in [0.15, 0.2) is 30.3 Å². The van der Waals surface area contributed by atoms with E-state index in [9.17, 15) is 4.79 Å². The van der Waals surface area contributed by atoms with Crippen molar-refractivity contribution in [3.63, 3.8) is 0 Å². The van der Waals surface area contributed by atoms with Crippen LogP contribution in [0, 0.1) is 13.8 Å². The first-order valence-corrected chi connectivity index (χ1v) is 8.33. The van der Waals surface area contributed by atoms with Crippen LogP contribution in [-0.4, -0.2) is 39.7 Å². The van der Waals surface area contributed by atoms with Gasteiger partial charge in [-0.25, -0.2) is 14.4 Å². The standard InChI is InChI=1S/C17H22N2O2.C2H2O4/c1-4-21-17(20)16-12(2)15(13(3)19-16)11-18-10-14-8-6-5-7-9-14;3-1(4)2(5)6/h5-9,18-19H,4,10-11H2,1-3H3;(H,3,4)(H,5,6). The van der Waals surface area contributed by atoms with Crippen molar-refractivity contribution in [1.29, 1.82) is 0 Å². The maximum Gasteiger partial charge on any atom is 0.414 e. The fourth-order valence-corrected chi connectivity index (χ4v) is 2.39. The average molecular weight is 376 g/mol. The van der Waals surface area contributed by atoms with Gasteiger partial charge in [0.25, 0.3) is 0 Å². The number of ether oxygens (including phenoxy) is 1. The lowest BCUT2D eigenvalue weighted by Crippen LogP contribution is -2.14. The van der Waals surface area contributed by atoms with Crippen molar-refractivity contribution in [3.05, 3.63) is 58.4 Å². The van der Waals surface area contributed by atoms with Crippen LogP contribution in [0.25, 0.3) is 0 Å². The third kappa shape index (κ3) is 6.95. The number of aliphatic carboxylic acids is 2. The number of carboxylic acid groups (broad SMARTS) is 2. The minimum atomic E-state index is -1.82. The molecule has 0 atom stereocenters. The van der Waals surface area contributed by atoms with E-state index in [2.05, 4.69) is 22.4 Å². The van der Waals surface area contributed by atoms with Crippen molar-refractivity contribution < 1.29 is 29.3 Å². The number of rotatable bonds is 6. The van der Waals surface area contributed by atoms with E-state index in [-0.39, 0.29) is 5.97 Å². The molecule has 8 heteroatoms. The molecule has 0 spiro atoms. The molecule has 0 aliphatic rings. The summed E-state index contributed by atoms with van der Waals surface area (Å²) in [5, 5.41) is 18.2. The molecule has 0 fully saturated rings. The summed E-state index contributed by atoms with van der Waals surface area (Å²) < 4.78 is 5.06. The predicted octanol–water partition coefficient (Wildman–Crippen LogP) is 2.25. The van der Waals surface area contributed by atoms with Crippen LogP contribution >= 0.6 is 0 Å². The van der Waals surface area contributed by atoms with E-state index in [1.807, 2.05) is 39.0 Å². The lowest BCUT2D eigenvalue weighted by atomic mass is 10.1. The van der Waals surface area contributed by atoms with Gasteiger partial charge in [-0.2, -0.15) is 0 Å².